The Morgan fingerprint density at radius 2 is 1.31 bits per heavy atom. The van der Waals surface area contributed by atoms with E-state index in [9.17, 15) is 9.90 Å². The number of ether oxygens (including phenoxy) is 2. The molecule has 7 nitrogen and oxygen atoms in total. The first-order valence-electron chi connectivity index (χ1n) is 20.4. The molecular formula is C45H67N3O4. The van der Waals surface area contributed by atoms with Crippen molar-refractivity contribution in [2.75, 3.05) is 26.2 Å². The number of hydrogen-bond donors (Lipinski definition) is 3. The van der Waals surface area contributed by atoms with E-state index in [-0.39, 0.29) is 30.8 Å². The van der Waals surface area contributed by atoms with Gasteiger partial charge in [-0.2, -0.15) is 0 Å². The van der Waals surface area contributed by atoms with E-state index in [0.29, 0.717) is 13.1 Å². The molecule has 1 aliphatic rings. The molecule has 0 spiro atoms. The summed E-state index contributed by atoms with van der Waals surface area (Å²) in [5, 5.41) is 15.4. The Morgan fingerprint density at radius 3 is 1.92 bits per heavy atom. The molecule has 0 saturated carbocycles. The van der Waals surface area contributed by atoms with E-state index in [2.05, 4.69) is 84.8 Å². The number of nitrogens with one attached hydrogen (secondary N) is 2. The lowest BCUT2D eigenvalue weighted by Crippen LogP contribution is -2.45. The maximum absolute atomic E-state index is 11.9. The van der Waals surface area contributed by atoms with Crippen LogP contribution in [0.15, 0.2) is 72.8 Å². The molecule has 7 heteroatoms. The summed E-state index contributed by atoms with van der Waals surface area (Å²) in [6.45, 7) is 13.0. The van der Waals surface area contributed by atoms with E-state index in [4.69, 9.17) is 9.47 Å². The fraction of sp³-hybridized carbons (Fsp3) is 0.578. The molecule has 0 bridgehead atoms. The van der Waals surface area contributed by atoms with E-state index in [1.165, 1.54) is 77.0 Å². The molecule has 3 aromatic carbocycles. The van der Waals surface area contributed by atoms with Crippen molar-refractivity contribution in [2.45, 2.75) is 136 Å². The average Bonchev–Trinajstić information content (AvgIpc) is 3.17. The van der Waals surface area contributed by atoms with E-state index in [0.717, 1.165) is 53.0 Å². The molecule has 52 heavy (non-hydrogen) atoms. The van der Waals surface area contributed by atoms with Crippen LogP contribution in [0.25, 0.3) is 11.1 Å². The molecule has 0 radical (unpaired) electrons. The van der Waals surface area contributed by atoms with Crippen LogP contribution in [0.5, 0.6) is 0 Å². The second-order valence-electron chi connectivity index (χ2n) is 14.7. The van der Waals surface area contributed by atoms with Crippen LogP contribution < -0.4 is 10.6 Å². The molecule has 4 rings (SSSR count). The number of amides is 2. The molecule has 2 amide bonds. The Labute approximate surface area is 314 Å². The standard InChI is InChI=1S/C45H67N3O4/c1-5-8-10-12-14-16-29-48(30-17-15-13-11-9-6-2)33-42-35(4)43(39-23-21-36(34-49)22-24-39)52-44(51-42)40-27-25-38(26-28-40)41-20-18-19-37(31-41)32-47-45(50)46-7-3/h18-28,31,35,42-44,49H,5-17,29-30,32-34H2,1-4H3,(H2,46,47,50). The molecule has 0 aliphatic carbocycles. The third-order valence-electron chi connectivity index (χ3n) is 10.5. The fourth-order valence-corrected chi connectivity index (χ4v) is 7.21. The van der Waals surface area contributed by atoms with E-state index in [1.54, 1.807) is 0 Å². The first-order chi connectivity index (χ1) is 25.4. The Kier molecular flexibility index (Phi) is 18.7. The lowest BCUT2D eigenvalue weighted by Gasteiger charge is -2.43. The molecule has 1 aliphatic heterocycles. The molecule has 1 heterocycles. The zero-order chi connectivity index (χ0) is 37.0. The normalized spacial score (nSPS) is 18.8. The zero-order valence-electron chi connectivity index (χ0n) is 32.6. The topological polar surface area (TPSA) is 83.1 Å². The first-order valence-corrected chi connectivity index (χ1v) is 20.4. The van der Waals surface area contributed by atoms with Crippen LogP contribution >= 0.6 is 0 Å². The van der Waals surface area contributed by atoms with Gasteiger partial charge in [-0.1, -0.05) is 152 Å². The summed E-state index contributed by atoms with van der Waals surface area (Å²) in [7, 11) is 0. The Balaban J connectivity index is 1.50. The molecular weight excluding hydrogens is 647 g/mol. The minimum atomic E-state index is -0.490. The summed E-state index contributed by atoms with van der Waals surface area (Å²) >= 11 is 0. The summed E-state index contributed by atoms with van der Waals surface area (Å²) in [5.74, 6) is 0.155. The highest BCUT2D eigenvalue weighted by molar-refractivity contribution is 5.73. The molecule has 4 atom stereocenters. The lowest BCUT2D eigenvalue weighted by atomic mass is 9.89. The summed E-state index contributed by atoms with van der Waals surface area (Å²) in [4.78, 5) is 14.6. The van der Waals surface area contributed by atoms with Crippen LogP contribution in [0.1, 0.15) is 139 Å². The van der Waals surface area contributed by atoms with Crippen LogP contribution in [-0.2, 0) is 22.6 Å². The summed E-state index contributed by atoms with van der Waals surface area (Å²) in [6.07, 6.45) is 15.0. The van der Waals surface area contributed by atoms with Crippen molar-refractivity contribution in [3.05, 3.63) is 95.1 Å². The van der Waals surface area contributed by atoms with Crippen molar-refractivity contribution >= 4 is 6.03 Å². The Morgan fingerprint density at radius 1 is 0.692 bits per heavy atom. The van der Waals surface area contributed by atoms with Gasteiger partial charge in [-0.3, -0.25) is 0 Å². The number of nitrogens with zero attached hydrogens (tertiary/aromatic N) is 1. The third kappa shape index (κ3) is 13.6. The van der Waals surface area contributed by atoms with Gasteiger partial charge < -0.3 is 30.1 Å². The maximum atomic E-state index is 11.9. The van der Waals surface area contributed by atoms with E-state index in [1.807, 2.05) is 31.2 Å². The van der Waals surface area contributed by atoms with Crippen LogP contribution in [0, 0.1) is 5.92 Å². The number of aliphatic hydroxyl groups excluding tert-OH is 1. The second kappa shape index (κ2) is 23.4. The quantitative estimate of drug-likeness (QED) is 0.0852. The summed E-state index contributed by atoms with van der Waals surface area (Å²) in [5.41, 5.74) is 6.27. The monoisotopic (exact) mass is 714 g/mol. The number of benzene rings is 3. The van der Waals surface area contributed by atoms with Gasteiger partial charge in [0.1, 0.15) is 0 Å². The number of carbonyl (C=O) groups is 1. The Bertz CT molecular complexity index is 1400. The van der Waals surface area contributed by atoms with Crippen LogP contribution in [0.4, 0.5) is 4.79 Å². The molecule has 4 unspecified atom stereocenters. The van der Waals surface area contributed by atoms with Gasteiger partial charge in [0.25, 0.3) is 0 Å². The number of carbonyl (C=O) groups excluding carboxylic acids is 1. The zero-order valence-corrected chi connectivity index (χ0v) is 32.6. The van der Waals surface area contributed by atoms with Crippen molar-refractivity contribution in [2.24, 2.45) is 5.92 Å². The van der Waals surface area contributed by atoms with Gasteiger partial charge in [-0.25, -0.2) is 4.79 Å². The highest BCUT2D eigenvalue weighted by Crippen LogP contribution is 2.42. The van der Waals surface area contributed by atoms with Gasteiger partial charge in [0, 0.05) is 31.1 Å². The molecule has 1 fully saturated rings. The highest BCUT2D eigenvalue weighted by Gasteiger charge is 2.39. The highest BCUT2D eigenvalue weighted by atomic mass is 16.7. The van der Waals surface area contributed by atoms with Gasteiger partial charge in [0.05, 0.1) is 18.8 Å². The van der Waals surface area contributed by atoms with Gasteiger partial charge >= 0.3 is 6.03 Å². The van der Waals surface area contributed by atoms with E-state index < -0.39 is 6.29 Å². The molecule has 286 valence electrons. The predicted octanol–water partition coefficient (Wildman–Crippen LogP) is 10.5. The smallest absolute Gasteiger partial charge is 0.315 e. The van der Waals surface area contributed by atoms with Gasteiger partial charge in [0.2, 0.25) is 0 Å². The van der Waals surface area contributed by atoms with Gasteiger partial charge in [0.15, 0.2) is 6.29 Å². The van der Waals surface area contributed by atoms with Crippen molar-refractivity contribution in [1.82, 2.24) is 15.5 Å². The number of rotatable bonds is 23. The predicted molar refractivity (Wildman–Crippen MR) is 214 cm³/mol. The van der Waals surface area contributed by atoms with Crippen LogP contribution in [0.3, 0.4) is 0 Å². The summed E-state index contributed by atoms with van der Waals surface area (Å²) in [6, 6.07) is 24.9. The second-order valence-corrected chi connectivity index (χ2v) is 14.7. The largest absolute Gasteiger partial charge is 0.392 e. The number of urea groups is 1. The molecule has 3 N–H and O–H groups in total. The maximum Gasteiger partial charge on any atom is 0.315 e. The first kappa shape index (κ1) is 41.5. The minimum Gasteiger partial charge on any atom is -0.392 e. The van der Waals surface area contributed by atoms with Gasteiger partial charge in [-0.15, -0.1) is 0 Å². The molecule has 0 aromatic heterocycles. The Hall–Kier alpha value is -3.23. The van der Waals surface area contributed by atoms with Crippen molar-refractivity contribution < 1.29 is 19.4 Å². The van der Waals surface area contributed by atoms with Crippen molar-refractivity contribution in [3.8, 4) is 11.1 Å². The average molecular weight is 714 g/mol. The van der Waals surface area contributed by atoms with E-state index >= 15 is 0 Å². The SMILES string of the molecule is CCCCCCCCN(CCCCCCCC)CC1OC(c2ccc(-c3cccc(CNC(=O)NCC)c3)cc2)OC(c2ccc(CO)cc2)C1C. The fourth-order valence-electron chi connectivity index (χ4n) is 7.21. The number of hydrogen-bond acceptors (Lipinski definition) is 5. The number of aliphatic hydroxyl groups is 1. The minimum absolute atomic E-state index is 0.00946. The molecule has 3 aromatic rings. The summed E-state index contributed by atoms with van der Waals surface area (Å²) < 4.78 is 13.7. The van der Waals surface area contributed by atoms with Crippen molar-refractivity contribution in [3.63, 3.8) is 0 Å². The third-order valence-corrected chi connectivity index (χ3v) is 10.5. The van der Waals surface area contributed by atoms with Crippen molar-refractivity contribution in [1.29, 1.82) is 0 Å². The van der Waals surface area contributed by atoms with Crippen LogP contribution in [-0.4, -0.2) is 48.3 Å². The van der Waals surface area contributed by atoms with Crippen LogP contribution in [0.2, 0.25) is 0 Å². The lowest BCUT2D eigenvalue weighted by molar-refractivity contribution is -0.276. The molecule has 1 saturated heterocycles. The number of unbranched alkanes of at least 4 members (excludes halogenated alkanes) is 10. The van der Waals surface area contributed by atoms with Gasteiger partial charge in [-0.05, 0) is 66.7 Å².